The smallest absolute Gasteiger partial charge is 0.0159 e. The largest absolute Gasteiger partial charge is 0.0622 e. The lowest BCUT2D eigenvalue weighted by atomic mass is 9.76. The summed E-state index contributed by atoms with van der Waals surface area (Å²) in [7, 11) is 0. The van der Waals surface area contributed by atoms with Crippen LogP contribution in [-0.4, -0.2) is 0 Å². The van der Waals surface area contributed by atoms with E-state index in [2.05, 4.69) is 174 Å². The summed E-state index contributed by atoms with van der Waals surface area (Å²) in [5, 5.41) is 13.4. The molecule has 0 amide bonds. The Bertz CT molecular complexity index is 2790. The van der Waals surface area contributed by atoms with Crippen molar-refractivity contribution in [3.8, 4) is 33.4 Å². The molecule has 0 N–H and O–H groups in total. The van der Waals surface area contributed by atoms with Gasteiger partial charge in [-0.25, -0.2) is 0 Å². The van der Waals surface area contributed by atoms with Crippen LogP contribution in [0.5, 0.6) is 0 Å². The molecule has 0 bridgehead atoms. The molecule has 0 nitrogen and oxygen atoms in total. The van der Waals surface area contributed by atoms with Crippen molar-refractivity contribution in [1.29, 1.82) is 0 Å². The molecule has 0 fully saturated rings. The highest BCUT2D eigenvalue weighted by molar-refractivity contribution is 6.26. The van der Waals surface area contributed by atoms with Crippen molar-refractivity contribution in [2.45, 2.75) is 45.4 Å². The lowest BCUT2D eigenvalue weighted by Gasteiger charge is -2.27. The van der Waals surface area contributed by atoms with E-state index >= 15 is 0 Å². The van der Waals surface area contributed by atoms with Gasteiger partial charge in [0.1, 0.15) is 0 Å². The van der Waals surface area contributed by atoms with E-state index in [1.807, 2.05) is 0 Å². The summed E-state index contributed by atoms with van der Waals surface area (Å²) >= 11 is 0. The van der Waals surface area contributed by atoms with Crippen LogP contribution in [0.2, 0.25) is 0 Å². The zero-order valence-electron chi connectivity index (χ0n) is 28.8. The molecule has 0 heterocycles. The van der Waals surface area contributed by atoms with Crippen LogP contribution >= 0.6 is 0 Å². The molecule has 1 aliphatic rings. The van der Waals surface area contributed by atoms with Crippen LogP contribution in [0.3, 0.4) is 0 Å². The highest BCUT2D eigenvalue weighted by atomic mass is 14.4. The minimum absolute atomic E-state index is 0.0335. The van der Waals surface area contributed by atoms with Crippen molar-refractivity contribution >= 4 is 53.9 Å². The first kappa shape index (κ1) is 28.5. The van der Waals surface area contributed by atoms with Crippen molar-refractivity contribution < 1.29 is 0 Å². The number of benzene rings is 9. The Morgan fingerprint density at radius 2 is 1.06 bits per heavy atom. The lowest BCUT2D eigenvalue weighted by molar-refractivity contribution is 0.601. The first-order valence-corrected chi connectivity index (χ1v) is 17.6. The van der Waals surface area contributed by atoms with Gasteiger partial charge in [-0.05, 0) is 128 Å². The molecule has 0 aliphatic heterocycles. The van der Waals surface area contributed by atoms with E-state index in [9.17, 15) is 0 Å². The molecule has 0 spiro atoms. The summed E-state index contributed by atoms with van der Waals surface area (Å²) in [4.78, 5) is 0. The quantitative estimate of drug-likeness (QED) is 0.132. The van der Waals surface area contributed by atoms with Crippen LogP contribution < -0.4 is 0 Å². The summed E-state index contributed by atoms with van der Waals surface area (Å²) < 4.78 is 0. The summed E-state index contributed by atoms with van der Waals surface area (Å²) in [6, 6.07) is 52.8. The Kier molecular flexibility index (Phi) is 5.71. The maximum absolute atomic E-state index is 2.52. The highest BCUT2D eigenvalue weighted by Crippen LogP contribution is 2.55. The predicted octanol–water partition coefficient (Wildman–Crippen LogP) is 13.8. The topological polar surface area (TPSA) is 0 Å². The van der Waals surface area contributed by atoms with Crippen LogP contribution in [-0.2, 0) is 10.8 Å². The van der Waals surface area contributed by atoms with E-state index in [1.54, 1.807) is 0 Å². The lowest BCUT2D eigenvalue weighted by Crippen LogP contribution is -2.15. The molecule has 10 rings (SSSR count). The van der Waals surface area contributed by atoms with Gasteiger partial charge in [-0.15, -0.1) is 0 Å². The molecule has 9 aromatic rings. The zero-order valence-corrected chi connectivity index (χ0v) is 28.8. The average molecular weight is 627 g/mol. The van der Waals surface area contributed by atoms with Crippen molar-refractivity contribution in [2.24, 2.45) is 0 Å². The standard InChI is InChI=1S/C49H38/c1-48(2,3)47-37-17-10-9-16-35(37)44(36-23-21-32(26-40(36)47)29-12-7-6-8-13-29)33-22-24-38-41(27-33)49(4,5)42-28-34-19-18-30-14-11-15-31-20-25-39(46(38)42)45(34)43(30)31/h6-28H,1-5H3. The molecule has 0 saturated carbocycles. The molecule has 9 aromatic carbocycles. The van der Waals surface area contributed by atoms with E-state index in [0.29, 0.717) is 0 Å². The third kappa shape index (κ3) is 3.92. The van der Waals surface area contributed by atoms with Gasteiger partial charge in [0.15, 0.2) is 0 Å². The minimum Gasteiger partial charge on any atom is -0.0622 e. The normalized spacial score (nSPS) is 14.0. The number of hydrogen-bond donors (Lipinski definition) is 0. The van der Waals surface area contributed by atoms with Crippen LogP contribution in [0.25, 0.3) is 87.2 Å². The van der Waals surface area contributed by atoms with Gasteiger partial charge in [-0.2, -0.15) is 0 Å². The van der Waals surface area contributed by atoms with Gasteiger partial charge < -0.3 is 0 Å². The summed E-state index contributed by atoms with van der Waals surface area (Å²) in [6.07, 6.45) is 0. The average Bonchev–Trinajstić information content (AvgIpc) is 3.34. The first-order valence-electron chi connectivity index (χ1n) is 17.6. The monoisotopic (exact) mass is 626 g/mol. The Morgan fingerprint density at radius 3 is 1.84 bits per heavy atom. The Morgan fingerprint density at radius 1 is 0.408 bits per heavy atom. The van der Waals surface area contributed by atoms with Gasteiger partial charge in [0.25, 0.3) is 0 Å². The second kappa shape index (κ2) is 9.80. The van der Waals surface area contributed by atoms with Gasteiger partial charge in [0.05, 0.1) is 0 Å². The Hall–Kier alpha value is -5.46. The SMILES string of the molecule is CC(C)(C)c1c2ccccc2c(-c2ccc3c(c2)C(C)(C)c2cc4ccc5cccc6ccc(c2-3)c4c56)c2ccc(-c3ccccc3)cc12. The molecule has 234 valence electrons. The molecule has 49 heavy (non-hydrogen) atoms. The van der Waals surface area contributed by atoms with Crippen LogP contribution in [0.15, 0.2) is 140 Å². The molecular formula is C49H38. The maximum Gasteiger partial charge on any atom is 0.0159 e. The Labute approximate surface area is 288 Å². The first-order chi connectivity index (χ1) is 23.7. The fourth-order valence-corrected chi connectivity index (χ4v) is 9.28. The summed E-state index contributed by atoms with van der Waals surface area (Å²) in [5.41, 5.74) is 12.0. The molecule has 0 heteroatoms. The fourth-order valence-electron chi connectivity index (χ4n) is 9.28. The van der Waals surface area contributed by atoms with Crippen molar-refractivity contribution in [2.75, 3.05) is 0 Å². The van der Waals surface area contributed by atoms with E-state index in [-0.39, 0.29) is 10.8 Å². The maximum atomic E-state index is 2.52. The van der Waals surface area contributed by atoms with Gasteiger partial charge in [-0.3, -0.25) is 0 Å². The zero-order chi connectivity index (χ0) is 33.2. The van der Waals surface area contributed by atoms with E-state index < -0.39 is 0 Å². The molecule has 0 radical (unpaired) electrons. The highest BCUT2D eigenvalue weighted by Gasteiger charge is 2.38. The van der Waals surface area contributed by atoms with E-state index in [4.69, 9.17) is 0 Å². The predicted molar refractivity (Wildman–Crippen MR) is 212 cm³/mol. The van der Waals surface area contributed by atoms with Crippen LogP contribution in [0.4, 0.5) is 0 Å². The molecule has 0 atom stereocenters. The minimum atomic E-state index is -0.136. The molecule has 1 aliphatic carbocycles. The fraction of sp³-hybridized carbons (Fsp3) is 0.143. The number of hydrogen-bond acceptors (Lipinski definition) is 0. The third-order valence-corrected chi connectivity index (χ3v) is 11.5. The van der Waals surface area contributed by atoms with Crippen LogP contribution in [0, 0.1) is 0 Å². The van der Waals surface area contributed by atoms with Crippen molar-refractivity contribution in [3.63, 3.8) is 0 Å². The second-order valence-corrected chi connectivity index (χ2v) is 15.7. The Balaban J connectivity index is 1.27. The molecular weight excluding hydrogens is 589 g/mol. The van der Waals surface area contributed by atoms with Crippen molar-refractivity contribution in [3.05, 3.63) is 156 Å². The summed E-state index contributed by atoms with van der Waals surface area (Å²) in [5.74, 6) is 0. The molecule has 0 aromatic heterocycles. The van der Waals surface area contributed by atoms with E-state index in [0.717, 1.165) is 0 Å². The van der Waals surface area contributed by atoms with Gasteiger partial charge in [-0.1, -0.05) is 156 Å². The van der Waals surface area contributed by atoms with Gasteiger partial charge in [0, 0.05) is 5.41 Å². The second-order valence-electron chi connectivity index (χ2n) is 15.7. The molecule has 0 saturated heterocycles. The molecule has 0 unspecified atom stereocenters. The van der Waals surface area contributed by atoms with Gasteiger partial charge in [0.2, 0.25) is 0 Å². The van der Waals surface area contributed by atoms with Crippen molar-refractivity contribution in [1.82, 2.24) is 0 Å². The van der Waals surface area contributed by atoms with Crippen LogP contribution in [0.1, 0.15) is 51.3 Å². The summed E-state index contributed by atoms with van der Waals surface area (Å²) in [6.45, 7) is 11.9. The van der Waals surface area contributed by atoms with Gasteiger partial charge >= 0.3 is 0 Å². The third-order valence-electron chi connectivity index (χ3n) is 11.5. The number of fused-ring (bicyclic) bond motifs is 6. The van der Waals surface area contributed by atoms with E-state index in [1.165, 1.54) is 104 Å². The number of rotatable bonds is 2.